The number of methoxy groups -OCH3 is 1. The number of nitrogens with one attached hydrogen (secondary N) is 2. The van der Waals surface area contributed by atoms with Crippen LogP contribution >= 0.6 is 0 Å². The molecule has 104 valence electrons. The minimum atomic E-state index is -1.46. The topological polar surface area (TPSA) is 125 Å². The van der Waals surface area contributed by atoms with Crippen LogP contribution in [-0.4, -0.2) is 54.0 Å². The largest absolute Gasteiger partial charge is 0.481 e. The lowest BCUT2D eigenvalue weighted by atomic mass is 10.2. The van der Waals surface area contributed by atoms with E-state index in [9.17, 15) is 14.4 Å². The highest BCUT2D eigenvalue weighted by Crippen LogP contribution is 1.95. The average Bonchev–Trinajstić information content (AvgIpc) is 2.26. The van der Waals surface area contributed by atoms with Crippen molar-refractivity contribution < 1.29 is 29.3 Å². The van der Waals surface area contributed by atoms with E-state index >= 15 is 0 Å². The van der Waals surface area contributed by atoms with E-state index in [1.54, 1.807) is 0 Å². The van der Waals surface area contributed by atoms with Crippen molar-refractivity contribution in [3.8, 4) is 0 Å². The molecule has 0 saturated carbocycles. The molecule has 2 unspecified atom stereocenters. The SMILES string of the molecule is CCC(COC)NC(=O)NC(CC(=O)O)C(=O)O. The molecule has 4 N–H and O–H groups in total. The summed E-state index contributed by atoms with van der Waals surface area (Å²) in [6.07, 6.45) is -0.0677. The van der Waals surface area contributed by atoms with E-state index in [1.807, 2.05) is 6.92 Å². The summed E-state index contributed by atoms with van der Waals surface area (Å²) in [5.41, 5.74) is 0. The molecule has 0 fully saturated rings. The van der Waals surface area contributed by atoms with Crippen LogP contribution in [0.4, 0.5) is 4.79 Å². The summed E-state index contributed by atoms with van der Waals surface area (Å²) in [6.45, 7) is 2.12. The van der Waals surface area contributed by atoms with Gasteiger partial charge < -0.3 is 25.6 Å². The Bertz CT molecular complexity index is 307. The summed E-state index contributed by atoms with van der Waals surface area (Å²) in [5, 5.41) is 21.8. The van der Waals surface area contributed by atoms with Crippen LogP contribution in [0.15, 0.2) is 0 Å². The smallest absolute Gasteiger partial charge is 0.326 e. The van der Waals surface area contributed by atoms with Gasteiger partial charge in [-0.1, -0.05) is 6.92 Å². The normalized spacial score (nSPS) is 13.4. The predicted molar refractivity (Wildman–Crippen MR) is 61.3 cm³/mol. The Morgan fingerprint density at radius 1 is 1.22 bits per heavy atom. The maximum atomic E-state index is 11.4. The first-order valence-corrected chi connectivity index (χ1v) is 5.41. The van der Waals surface area contributed by atoms with Crippen molar-refractivity contribution >= 4 is 18.0 Å². The molecule has 0 spiro atoms. The molecule has 8 nitrogen and oxygen atoms in total. The van der Waals surface area contributed by atoms with E-state index in [2.05, 4.69) is 10.6 Å². The highest BCUT2D eigenvalue weighted by atomic mass is 16.5. The third-order valence-corrected chi connectivity index (χ3v) is 2.18. The number of urea groups is 1. The van der Waals surface area contributed by atoms with Crippen molar-refractivity contribution in [3.63, 3.8) is 0 Å². The van der Waals surface area contributed by atoms with E-state index in [0.29, 0.717) is 13.0 Å². The Morgan fingerprint density at radius 2 is 1.83 bits per heavy atom. The lowest BCUT2D eigenvalue weighted by Crippen LogP contribution is -2.50. The van der Waals surface area contributed by atoms with Gasteiger partial charge in [-0.2, -0.15) is 0 Å². The summed E-state index contributed by atoms with van der Waals surface area (Å²) < 4.78 is 4.86. The second-order valence-corrected chi connectivity index (χ2v) is 3.67. The molecule has 2 atom stereocenters. The standard InChI is InChI=1S/C10H18N2O6/c1-3-6(5-18-2)11-10(17)12-7(9(15)16)4-8(13)14/h6-7H,3-5H2,1-2H3,(H,13,14)(H,15,16)(H2,11,12,17). The van der Waals surface area contributed by atoms with E-state index in [-0.39, 0.29) is 6.04 Å². The number of aliphatic carboxylic acids is 2. The predicted octanol–water partition coefficient (Wildman–Crippen LogP) is -0.361. The van der Waals surface area contributed by atoms with E-state index < -0.39 is 30.4 Å². The molecule has 0 aromatic rings. The maximum absolute atomic E-state index is 11.4. The number of ether oxygens (including phenoxy) is 1. The molecule has 18 heavy (non-hydrogen) atoms. The zero-order valence-electron chi connectivity index (χ0n) is 10.3. The first-order chi connectivity index (χ1) is 8.40. The number of hydrogen-bond donors (Lipinski definition) is 4. The lowest BCUT2D eigenvalue weighted by Gasteiger charge is -2.18. The van der Waals surface area contributed by atoms with Crippen molar-refractivity contribution in [2.45, 2.75) is 31.8 Å². The van der Waals surface area contributed by atoms with Gasteiger partial charge in [0.15, 0.2) is 0 Å². The number of carbonyl (C=O) groups excluding carboxylic acids is 1. The molecular formula is C10H18N2O6. The zero-order chi connectivity index (χ0) is 14.1. The molecule has 0 rings (SSSR count). The molecular weight excluding hydrogens is 244 g/mol. The number of rotatable bonds is 8. The Labute approximate surface area is 104 Å². The second kappa shape index (κ2) is 8.29. The van der Waals surface area contributed by atoms with Crippen LogP contribution in [0.5, 0.6) is 0 Å². The molecule has 0 bridgehead atoms. The summed E-state index contributed by atoms with van der Waals surface area (Å²) >= 11 is 0. The van der Waals surface area contributed by atoms with E-state index in [0.717, 1.165) is 0 Å². The third-order valence-electron chi connectivity index (χ3n) is 2.18. The molecule has 0 aromatic heterocycles. The number of hydrogen-bond acceptors (Lipinski definition) is 4. The third kappa shape index (κ3) is 6.69. The molecule has 0 aliphatic carbocycles. The van der Waals surface area contributed by atoms with Crippen molar-refractivity contribution in [1.82, 2.24) is 10.6 Å². The van der Waals surface area contributed by atoms with Crippen molar-refractivity contribution in [2.75, 3.05) is 13.7 Å². The molecule has 0 aliphatic heterocycles. The van der Waals surface area contributed by atoms with Gasteiger partial charge in [0, 0.05) is 7.11 Å². The Morgan fingerprint density at radius 3 is 2.22 bits per heavy atom. The fourth-order valence-corrected chi connectivity index (χ4v) is 1.22. The summed E-state index contributed by atoms with van der Waals surface area (Å²) in [7, 11) is 1.48. The first-order valence-electron chi connectivity index (χ1n) is 5.41. The second-order valence-electron chi connectivity index (χ2n) is 3.67. The van der Waals surface area contributed by atoms with Gasteiger partial charge in [-0.15, -0.1) is 0 Å². The van der Waals surface area contributed by atoms with Crippen molar-refractivity contribution in [2.24, 2.45) is 0 Å². The molecule has 0 aliphatic rings. The van der Waals surface area contributed by atoms with Crippen LogP contribution in [0.25, 0.3) is 0 Å². The van der Waals surface area contributed by atoms with E-state index in [1.165, 1.54) is 7.11 Å². The summed E-state index contributed by atoms with van der Waals surface area (Å²) in [4.78, 5) is 32.6. The minimum absolute atomic E-state index is 0.255. The lowest BCUT2D eigenvalue weighted by molar-refractivity contribution is -0.145. The fraction of sp³-hybridized carbons (Fsp3) is 0.700. The zero-order valence-corrected chi connectivity index (χ0v) is 10.3. The fourth-order valence-electron chi connectivity index (χ4n) is 1.22. The highest BCUT2D eigenvalue weighted by molar-refractivity contribution is 5.86. The van der Waals surface area contributed by atoms with Gasteiger partial charge in [0.25, 0.3) is 0 Å². The van der Waals surface area contributed by atoms with Gasteiger partial charge in [-0.05, 0) is 6.42 Å². The molecule has 8 heteroatoms. The quantitative estimate of drug-likeness (QED) is 0.473. The van der Waals surface area contributed by atoms with Gasteiger partial charge in [0.2, 0.25) is 0 Å². The van der Waals surface area contributed by atoms with E-state index in [4.69, 9.17) is 14.9 Å². The summed E-state index contributed by atoms with van der Waals surface area (Å²) in [6, 6.07) is -2.44. The van der Waals surface area contributed by atoms with Gasteiger partial charge in [0.1, 0.15) is 6.04 Å². The highest BCUT2D eigenvalue weighted by Gasteiger charge is 2.23. The van der Waals surface area contributed by atoms with Crippen LogP contribution in [-0.2, 0) is 14.3 Å². The van der Waals surface area contributed by atoms with Crippen molar-refractivity contribution in [1.29, 1.82) is 0 Å². The maximum Gasteiger partial charge on any atom is 0.326 e. The van der Waals surface area contributed by atoms with Crippen molar-refractivity contribution in [3.05, 3.63) is 0 Å². The van der Waals surface area contributed by atoms with Crippen LogP contribution in [0.3, 0.4) is 0 Å². The van der Waals surface area contributed by atoms with Crippen LogP contribution < -0.4 is 10.6 Å². The monoisotopic (exact) mass is 262 g/mol. The summed E-state index contributed by atoms with van der Waals surface area (Å²) in [5.74, 6) is -2.70. The molecule has 0 heterocycles. The Hall–Kier alpha value is -1.83. The molecule has 0 saturated heterocycles. The van der Waals surface area contributed by atoms with Crippen LogP contribution in [0.1, 0.15) is 19.8 Å². The van der Waals surface area contributed by atoms with Gasteiger partial charge in [0.05, 0.1) is 19.1 Å². The number of carbonyl (C=O) groups is 3. The minimum Gasteiger partial charge on any atom is -0.481 e. The Kier molecular flexibility index (Phi) is 7.45. The van der Waals surface area contributed by atoms with Crippen LogP contribution in [0.2, 0.25) is 0 Å². The number of amides is 2. The number of carboxylic acid groups (broad SMARTS) is 2. The van der Waals surface area contributed by atoms with Crippen LogP contribution in [0, 0.1) is 0 Å². The molecule has 2 amide bonds. The first kappa shape index (κ1) is 16.2. The molecule has 0 aromatic carbocycles. The Balaban J connectivity index is 4.32. The van der Waals surface area contributed by atoms with Gasteiger partial charge in [-0.25, -0.2) is 9.59 Å². The average molecular weight is 262 g/mol. The van der Waals surface area contributed by atoms with Gasteiger partial charge in [-0.3, -0.25) is 4.79 Å². The number of carboxylic acids is 2. The van der Waals surface area contributed by atoms with Gasteiger partial charge >= 0.3 is 18.0 Å². The molecule has 0 radical (unpaired) electrons.